The van der Waals surface area contributed by atoms with E-state index in [1.165, 1.54) is 31.5 Å². The zero-order valence-electron chi connectivity index (χ0n) is 10.6. The largest absolute Gasteiger partial charge is 0.409 e. The maximum atomic E-state index is 8.73. The van der Waals surface area contributed by atoms with Crippen LogP contribution in [0, 0.1) is 12.8 Å². The molecule has 0 spiro atoms. The van der Waals surface area contributed by atoms with Crippen LogP contribution in [0.2, 0.25) is 0 Å². The minimum atomic E-state index is 0.182. The number of anilines is 1. The Labute approximate surface area is 107 Å². The Kier molecular flexibility index (Phi) is 2.65. The van der Waals surface area contributed by atoms with Gasteiger partial charge in [-0.2, -0.15) is 0 Å². The molecule has 0 aromatic heterocycles. The van der Waals surface area contributed by atoms with Crippen molar-refractivity contribution < 1.29 is 5.21 Å². The van der Waals surface area contributed by atoms with Gasteiger partial charge in [-0.15, -0.1) is 0 Å². The van der Waals surface area contributed by atoms with Gasteiger partial charge in [0.05, 0.1) is 0 Å². The number of nitrogens with two attached hydrogens (primary N) is 1. The van der Waals surface area contributed by atoms with Gasteiger partial charge in [0.1, 0.15) is 0 Å². The zero-order valence-corrected chi connectivity index (χ0v) is 10.6. The van der Waals surface area contributed by atoms with Crippen LogP contribution in [0.3, 0.4) is 0 Å². The van der Waals surface area contributed by atoms with Gasteiger partial charge in [-0.05, 0) is 55.9 Å². The molecule has 1 aliphatic carbocycles. The lowest BCUT2D eigenvalue weighted by atomic mass is 10.0. The van der Waals surface area contributed by atoms with E-state index in [1.54, 1.807) is 0 Å². The molecule has 1 saturated heterocycles. The molecule has 4 nitrogen and oxygen atoms in total. The molecule has 1 heterocycles. The molecular weight excluding hydrogens is 226 g/mol. The molecule has 2 bridgehead atoms. The van der Waals surface area contributed by atoms with Crippen molar-refractivity contribution in [3.63, 3.8) is 0 Å². The van der Waals surface area contributed by atoms with Crippen LogP contribution < -0.4 is 10.6 Å². The fourth-order valence-electron chi connectivity index (χ4n) is 3.41. The number of rotatable bonds is 2. The van der Waals surface area contributed by atoms with Crippen molar-refractivity contribution in [3.8, 4) is 0 Å². The summed E-state index contributed by atoms with van der Waals surface area (Å²) in [6.45, 7) is 3.19. The van der Waals surface area contributed by atoms with Gasteiger partial charge in [0.15, 0.2) is 5.84 Å². The third kappa shape index (κ3) is 1.72. The first kappa shape index (κ1) is 11.4. The highest BCUT2D eigenvalue weighted by atomic mass is 16.4. The Hall–Kier alpha value is -1.71. The van der Waals surface area contributed by atoms with E-state index in [4.69, 9.17) is 10.9 Å². The molecular formula is C14H19N3O. The molecule has 2 fully saturated rings. The number of amidine groups is 1. The predicted molar refractivity (Wildman–Crippen MR) is 72.2 cm³/mol. The fraction of sp³-hybridized carbons (Fsp3) is 0.500. The molecule has 2 unspecified atom stereocenters. The number of piperidine rings is 1. The molecule has 96 valence electrons. The second kappa shape index (κ2) is 4.19. The highest BCUT2D eigenvalue weighted by molar-refractivity contribution is 5.98. The first-order valence-electron chi connectivity index (χ1n) is 6.54. The number of hydrogen-bond donors (Lipinski definition) is 2. The number of oxime groups is 1. The van der Waals surface area contributed by atoms with E-state index in [0.717, 1.165) is 23.1 Å². The van der Waals surface area contributed by atoms with Crippen molar-refractivity contribution in [3.05, 3.63) is 29.3 Å². The van der Waals surface area contributed by atoms with Crippen LogP contribution in [0.15, 0.2) is 23.4 Å². The molecule has 4 heteroatoms. The van der Waals surface area contributed by atoms with Crippen LogP contribution in [0.5, 0.6) is 0 Å². The van der Waals surface area contributed by atoms with Crippen LogP contribution in [0.25, 0.3) is 0 Å². The molecule has 3 rings (SSSR count). The lowest BCUT2D eigenvalue weighted by Gasteiger charge is -2.29. The van der Waals surface area contributed by atoms with Gasteiger partial charge in [0.2, 0.25) is 0 Å². The quantitative estimate of drug-likeness (QED) is 0.363. The summed E-state index contributed by atoms with van der Waals surface area (Å²) in [5, 5.41) is 11.8. The van der Waals surface area contributed by atoms with Crippen molar-refractivity contribution in [1.82, 2.24) is 0 Å². The Morgan fingerprint density at radius 2 is 2.28 bits per heavy atom. The standard InChI is InChI=1S/C14H19N3O/c1-9-6-11(4-5-13(9)14(15)16-18)17-8-10-2-3-12(17)7-10/h4-6,10,12,18H,2-3,7-8H2,1H3,(H2,15,16). The lowest BCUT2D eigenvalue weighted by molar-refractivity contribution is 0.318. The summed E-state index contributed by atoms with van der Waals surface area (Å²) in [6, 6.07) is 6.91. The van der Waals surface area contributed by atoms with Gasteiger partial charge in [-0.3, -0.25) is 0 Å². The molecule has 18 heavy (non-hydrogen) atoms. The molecule has 2 aliphatic rings. The lowest BCUT2D eigenvalue weighted by Crippen LogP contribution is -2.31. The molecule has 1 aromatic rings. The van der Waals surface area contributed by atoms with E-state index < -0.39 is 0 Å². The first-order chi connectivity index (χ1) is 8.69. The van der Waals surface area contributed by atoms with Gasteiger partial charge in [0, 0.05) is 23.8 Å². The number of benzene rings is 1. The molecule has 1 aliphatic heterocycles. The fourth-order valence-corrected chi connectivity index (χ4v) is 3.41. The smallest absolute Gasteiger partial charge is 0.170 e. The third-order valence-electron chi connectivity index (χ3n) is 4.33. The summed E-state index contributed by atoms with van der Waals surface area (Å²) in [5.41, 5.74) is 8.79. The maximum Gasteiger partial charge on any atom is 0.170 e. The minimum Gasteiger partial charge on any atom is -0.409 e. The van der Waals surface area contributed by atoms with Crippen LogP contribution in [-0.2, 0) is 0 Å². The highest BCUT2D eigenvalue weighted by Gasteiger charge is 2.37. The Morgan fingerprint density at radius 1 is 1.44 bits per heavy atom. The summed E-state index contributed by atoms with van der Waals surface area (Å²) in [7, 11) is 0. The molecule has 0 radical (unpaired) electrons. The van der Waals surface area contributed by atoms with Gasteiger partial charge in [-0.1, -0.05) is 5.16 Å². The van der Waals surface area contributed by atoms with E-state index in [0.29, 0.717) is 0 Å². The Bertz CT molecular complexity index is 498. The molecule has 2 atom stereocenters. The average molecular weight is 245 g/mol. The first-order valence-corrected chi connectivity index (χ1v) is 6.54. The Morgan fingerprint density at radius 3 is 2.83 bits per heavy atom. The number of hydrogen-bond acceptors (Lipinski definition) is 3. The minimum absolute atomic E-state index is 0.182. The maximum absolute atomic E-state index is 8.73. The van der Waals surface area contributed by atoms with E-state index in [2.05, 4.69) is 22.2 Å². The van der Waals surface area contributed by atoms with Crippen molar-refractivity contribution >= 4 is 11.5 Å². The third-order valence-corrected chi connectivity index (χ3v) is 4.33. The number of aryl methyl sites for hydroxylation is 1. The van der Waals surface area contributed by atoms with Crippen molar-refractivity contribution in [1.29, 1.82) is 0 Å². The van der Waals surface area contributed by atoms with E-state index in [1.807, 2.05) is 13.0 Å². The van der Waals surface area contributed by atoms with E-state index in [-0.39, 0.29) is 5.84 Å². The average Bonchev–Trinajstić information content (AvgIpc) is 3.00. The summed E-state index contributed by atoms with van der Waals surface area (Å²) in [5.74, 6) is 1.07. The van der Waals surface area contributed by atoms with Crippen molar-refractivity contribution in [2.24, 2.45) is 16.8 Å². The molecule has 1 aromatic carbocycles. The van der Waals surface area contributed by atoms with Gasteiger partial charge >= 0.3 is 0 Å². The monoisotopic (exact) mass is 245 g/mol. The van der Waals surface area contributed by atoms with Crippen LogP contribution in [0.1, 0.15) is 30.4 Å². The van der Waals surface area contributed by atoms with Crippen molar-refractivity contribution in [2.45, 2.75) is 32.2 Å². The number of nitrogens with zero attached hydrogens (tertiary/aromatic N) is 2. The van der Waals surface area contributed by atoms with Crippen LogP contribution in [0.4, 0.5) is 5.69 Å². The molecule has 3 N–H and O–H groups in total. The van der Waals surface area contributed by atoms with Gasteiger partial charge in [-0.25, -0.2) is 0 Å². The number of fused-ring (bicyclic) bond motifs is 2. The summed E-state index contributed by atoms with van der Waals surface area (Å²) in [4.78, 5) is 2.51. The topological polar surface area (TPSA) is 61.8 Å². The van der Waals surface area contributed by atoms with Crippen LogP contribution >= 0.6 is 0 Å². The second-order valence-electron chi connectivity index (χ2n) is 5.47. The molecule has 0 amide bonds. The second-order valence-corrected chi connectivity index (χ2v) is 5.47. The predicted octanol–water partition coefficient (Wildman–Crippen LogP) is 2.08. The Balaban J connectivity index is 1.89. The highest BCUT2D eigenvalue weighted by Crippen LogP contribution is 2.40. The molecule has 1 saturated carbocycles. The zero-order chi connectivity index (χ0) is 12.7. The van der Waals surface area contributed by atoms with Gasteiger partial charge < -0.3 is 15.8 Å². The summed E-state index contributed by atoms with van der Waals surface area (Å²) in [6.07, 6.45) is 4.06. The van der Waals surface area contributed by atoms with E-state index >= 15 is 0 Å². The SMILES string of the molecule is Cc1cc(N2CC3CCC2C3)ccc1/C(N)=N/O. The van der Waals surface area contributed by atoms with E-state index in [9.17, 15) is 0 Å². The van der Waals surface area contributed by atoms with Crippen LogP contribution in [-0.4, -0.2) is 23.6 Å². The van der Waals surface area contributed by atoms with Gasteiger partial charge in [0.25, 0.3) is 0 Å². The summed E-state index contributed by atoms with van der Waals surface area (Å²) >= 11 is 0. The normalized spacial score (nSPS) is 26.9. The van der Waals surface area contributed by atoms with Crippen molar-refractivity contribution in [2.75, 3.05) is 11.4 Å². The summed E-state index contributed by atoms with van der Waals surface area (Å²) < 4.78 is 0.